The van der Waals surface area contributed by atoms with Crippen molar-refractivity contribution in [3.05, 3.63) is 71.1 Å². The zero-order valence-electron chi connectivity index (χ0n) is 17.7. The molecule has 0 unspecified atom stereocenters. The van der Waals surface area contributed by atoms with Gasteiger partial charge in [-0.1, -0.05) is 30.3 Å². The van der Waals surface area contributed by atoms with Crippen LogP contribution in [0, 0.1) is 0 Å². The van der Waals surface area contributed by atoms with Crippen molar-refractivity contribution in [2.45, 2.75) is 12.5 Å². The number of carbonyl (C=O) groups is 3. The lowest BCUT2D eigenvalue weighted by molar-refractivity contribution is -0.118. The lowest BCUT2D eigenvalue weighted by atomic mass is 10.1. The quantitative estimate of drug-likeness (QED) is 0.458. The second kappa shape index (κ2) is 11.4. The first-order valence-corrected chi connectivity index (χ1v) is 12.1. The molecule has 0 aliphatic carbocycles. The third kappa shape index (κ3) is 6.18. The van der Waals surface area contributed by atoms with Gasteiger partial charge < -0.3 is 15.4 Å². The number of esters is 1. The molecule has 1 aromatic heterocycles. The summed E-state index contributed by atoms with van der Waals surface area (Å²) >= 11 is 2.92. The maximum absolute atomic E-state index is 12.9. The number of thioether (sulfide) groups is 1. The number of rotatable bonds is 9. The number of carbonyl (C=O) groups excluding carboxylic acids is 3. The Hall–Kier alpha value is -3.17. The van der Waals surface area contributed by atoms with Gasteiger partial charge >= 0.3 is 5.97 Å². The molecule has 2 amide bonds. The van der Waals surface area contributed by atoms with Crippen LogP contribution in [0.5, 0.6) is 0 Å². The molecule has 2 N–H and O–H groups in total. The molecule has 9 heteroatoms. The van der Waals surface area contributed by atoms with Gasteiger partial charge in [-0.25, -0.2) is 9.78 Å². The van der Waals surface area contributed by atoms with Crippen molar-refractivity contribution in [2.24, 2.45) is 0 Å². The van der Waals surface area contributed by atoms with E-state index < -0.39 is 17.9 Å². The van der Waals surface area contributed by atoms with Crippen molar-refractivity contribution >= 4 is 46.0 Å². The highest BCUT2D eigenvalue weighted by molar-refractivity contribution is 7.98. The van der Waals surface area contributed by atoms with E-state index in [1.807, 2.05) is 42.0 Å². The molecule has 0 aliphatic rings. The van der Waals surface area contributed by atoms with Crippen molar-refractivity contribution in [3.8, 4) is 11.3 Å². The molecule has 2 aromatic carbocycles. The van der Waals surface area contributed by atoms with Gasteiger partial charge in [0, 0.05) is 16.5 Å². The molecule has 0 bridgehead atoms. The number of aromatic nitrogens is 1. The molecular formula is C23H23N3O4S2. The molecular weight excluding hydrogens is 446 g/mol. The van der Waals surface area contributed by atoms with Crippen LogP contribution in [0.15, 0.2) is 60.0 Å². The smallest absolute Gasteiger partial charge is 0.337 e. The van der Waals surface area contributed by atoms with Gasteiger partial charge in [0.2, 0.25) is 5.91 Å². The number of nitrogens with zero attached hydrogens (tertiary/aromatic N) is 1. The van der Waals surface area contributed by atoms with Crippen LogP contribution in [0.2, 0.25) is 0 Å². The van der Waals surface area contributed by atoms with Crippen molar-refractivity contribution in [3.63, 3.8) is 0 Å². The molecule has 0 saturated heterocycles. The topological polar surface area (TPSA) is 97.4 Å². The molecule has 0 aliphatic heterocycles. The lowest BCUT2D eigenvalue weighted by Crippen LogP contribution is -2.44. The largest absolute Gasteiger partial charge is 0.465 e. The first-order valence-electron chi connectivity index (χ1n) is 9.82. The molecule has 3 rings (SSSR count). The molecule has 1 heterocycles. The molecule has 0 spiro atoms. The molecule has 1 atom stereocenters. The molecule has 7 nitrogen and oxygen atoms in total. The van der Waals surface area contributed by atoms with Crippen LogP contribution in [0.25, 0.3) is 11.3 Å². The first-order chi connectivity index (χ1) is 15.5. The van der Waals surface area contributed by atoms with Gasteiger partial charge in [0.1, 0.15) is 6.04 Å². The van der Waals surface area contributed by atoms with E-state index in [1.165, 1.54) is 42.7 Å². The van der Waals surface area contributed by atoms with Crippen LogP contribution >= 0.6 is 23.1 Å². The minimum absolute atomic E-state index is 0.326. The summed E-state index contributed by atoms with van der Waals surface area (Å²) in [5, 5.41) is 7.95. The third-order valence-corrected chi connectivity index (χ3v) is 6.01. The van der Waals surface area contributed by atoms with Gasteiger partial charge in [0.05, 0.1) is 18.4 Å². The summed E-state index contributed by atoms with van der Waals surface area (Å²) in [6, 6.07) is 15.0. The van der Waals surface area contributed by atoms with E-state index in [0.717, 1.165) is 11.3 Å². The van der Waals surface area contributed by atoms with E-state index >= 15 is 0 Å². The van der Waals surface area contributed by atoms with E-state index in [2.05, 4.69) is 20.4 Å². The number of thiazole rings is 1. The van der Waals surface area contributed by atoms with Gasteiger partial charge in [-0.15, -0.1) is 11.3 Å². The molecule has 32 heavy (non-hydrogen) atoms. The number of benzene rings is 2. The Morgan fingerprint density at radius 1 is 1.06 bits per heavy atom. The minimum atomic E-state index is -0.723. The number of anilines is 1. The highest BCUT2D eigenvalue weighted by Gasteiger charge is 2.22. The van der Waals surface area contributed by atoms with Crippen LogP contribution < -0.4 is 10.6 Å². The molecule has 3 aromatic rings. The standard InChI is InChI=1S/C23H23N3O4S2/c1-30-22(29)17-10-8-16(9-11-17)20(27)24-18(12-13-31-2)21(28)26-23-25-19(14-32-23)15-6-4-3-5-7-15/h3-11,14,18H,12-13H2,1-2H3,(H,24,27)(H,25,26,28)/t18-/m0/s1. The summed E-state index contributed by atoms with van der Waals surface area (Å²) in [4.78, 5) is 41.6. The van der Waals surface area contributed by atoms with E-state index in [1.54, 1.807) is 11.8 Å². The summed E-state index contributed by atoms with van der Waals surface area (Å²) < 4.78 is 4.66. The van der Waals surface area contributed by atoms with Crippen LogP contribution in [0.3, 0.4) is 0 Å². The number of hydrogen-bond acceptors (Lipinski definition) is 7. The van der Waals surface area contributed by atoms with Crippen LogP contribution in [-0.2, 0) is 9.53 Å². The van der Waals surface area contributed by atoms with Gasteiger partial charge in [-0.2, -0.15) is 11.8 Å². The van der Waals surface area contributed by atoms with Crippen molar-refractivity contribution in [2.75, 3.05) is 24.4 Å². The third-order valence-electron chi connectivity index (χ3n) is 4.60. The fraction of sp³-hybridized carbons (Fsp3) is 0.217. The zero-order valence-corrected chi connectivity index (χ0v) is 19.3. The van der Waals surface area contributed by atoms with Gasteiger partial charge in [0.25, 0.3) is 5.91 Å². The average Bonchev–Trinajstić information content (AvgIpc) is 3.30. The predicted octanol–water partition coefficient (Wildman–Crippen LogP) is 4.09. The highest BCUT2D eigenvalue weighted by atomic mass is 32.2. The highest BCUT2D eigenvalue weighted by Crippen LogP contribution is 2.24. The maximum Gasteiger partial charge on any atom is 0.337 e. The maximum atomic E-state index is 12.9. The summed E-state index contributed by atoms with van der Waals surface area (Å²) in [6.07, 6.45) is 2.41. The first kappa shape index (κ1) is 23.5. The SMILES string of the molecule is COC(=O)c1ccc(C(=O)N[C@@H](CCSC)C(=O)Nc2nc(-c3ccccc3)cs2)cc1. The number of hydrogen-bond donors (Lipinski definition) is 2. The van der Waals surface area contributed by atoms with E-state index in [4.69, 9.17) is 0 Å². The second-order valence-electron chi connectivity index (χ2n) is 6.77. The predicted molar refractivity (Wildman–Crippen MR) is 128 cm³/mol. The fourth-order valence-corrected chi connectivity index (χ4v) is 4.08. The second-order valence-corrected chi connectivity index (χ2v) is 8.61. The van der Waals surface area contributed by atoms with Gasteiger partial charge in [-0.05, 0) is 42.7 Å². The van der Waals surface area contributed by atoms with Crippen LogP contribution in [0.1, 0.15) is 27.1 Å². The fourth-order valence-electron chi connectivity index (χ4n) is 2.89. The Morgan fingerprint density at radius 3 is 2.41 bits per heavy atom. The Labute approximate surface area is 194 Å². The van der Waals surface area contributed by atoms with E-state index in [-0.39, 0.29) is 5.91 Å². The van der Waals surface area contributed by atoms with Crippen LogP contribution in [0.4, 0.5) is 5.13 Å². The van der Waals surface area contributed by atoms with Crippen molar-refractivity contribution in [1.29, 1.82) is 0 Å². The zero-order chi connectivity index (χ0) is 22.9. The molecule has 0 fully saturated rings. The van der Waals surface area contributed by atoms with Gasteiger partial charge in [-0.3, -0.25) is 9.59 Å². The normalized spacial score (nSPS) is 11.4. The monoisotopic (exact) mass is 469 g/mol. The van der Waals surface area contributed by atoms with E-state index in [0.29, 0.717) is 28.4 Å². The molecule has 0 saturated carbocycles. The lowest BCUT2D eigenvalue weighted by Gasteiger charge is -2.17. The van der Waals surface area contributed by atoms with Crippen molar-refractivity contribution < 1.29 is 19.1 Å². The Bertz CT molecular complexity index is 1070. The Kier molecular flexibility index (Phi) is 8.41. The minimum Gasteiger partial charge on any atom is -0.465 e. The van der Waals surface area contributed by atoms with Crippen LogP contribution in [-0.4, -0.2) is 47.9 Å². The summed E-state index contributed by atoms with van der Waals surface area (Å²) in [6.45, 7) is 0. The average molecular weight is 470 g/mol. The number of nitrogens with one attached hydrogen (secondary N) is 2. The number of amides is 2. The van der Waals surface area contributed by atoms with E-state index in [9.17, 15) is 14.4 Å². The Morgan fingerprint density at radius 2 is 1.75 bits per heavy atom. The number of ether oxygens (including phenoxy) is 1. The summed E-state index contributed by atoms with van der Waals surface area (Å²) in [5.74, 6) is -0.501. The summed E-state index contributed by atoms with van der Waals surface area (Å²) in [5.41, 5.74) is 2.44. The van der Waals surface area contributed by atoms with Gasteiger partial charge in [0.15, 0.2) is 5.13 Å². The summed E-state index contributed by atoms with van der Waals surface area (Å²) in [7, 11) is 1.29. The van der Waals surface area contributed by atoms with Crippen molar-refractivity contribution in [1.82, 2.24) is 10.3 Å². The molecule has 166 valence electrons. The number of methoxy groups -OCH3 is 1. The Balaban J connectivity index is 1.67. The molecule has 0 radical (unpaired) electrons.